The zero-order chi connectivity index (χ0) is 23.3. The van der Waals surface area contributed by atoms with Crippen LogP contribution in [0.3, 0.4) is 0 Å². The predicted octanol–water partition coefficient (Wildman–Crippen LogP) is 7.56. The summed E-state index contributed by atoms with van der Waals surface area (Å²) in [5.41, 5.74) is 3.38. The summed E-state index contributed by atoms with van der Waals surface area (Å²) < 4.78 is 17.2. The Morgan fingerprint density at radius 1 is 0.848 bits per heavy atom. The number of methoxy groups -OCH3 is 2. The molecule has 2 aliphatic heterocycles. The van der Waals surface area contributed by atoms with Crippen molar-refractivity contribution in [3.63, 3.8) is 0 Å². The Labute approximate surface area is 211 Å². The van der Waals surface area contributed by atoms with Crippen molar-refractivity contribution in [3.05, 3.63) is 85.3 Å². The first-order valence-corrected chi connectivity index (χ1v) is 11.6. The number of nitrogens with zero attached hydrogens (tertiary/aromatic N) is 2. The van der Waals surface area contributed by atoms with Gasteiger partial charge in [0, 0.05) is 33.2 Å². The van der Waals surface area contributed by atoms with Crippen LogP contribution in [0.15, 0.2) is 53.6 Å². The third-order valence-corrected chi connectivity index (χ3v) is 6.81. The van der Waals surface area contributed by atoms with Gasteiger partial charge < -0.3 is 14.2 Å². The van der Waals surface area contributed by atoms with Crippen LogP contribution in [0.1, 0.15) is 35.4 Å². The van der Waals surface area contributed by atoms with E-state index in [0.717, 1.165) is 22.4 Å². The van der Waals surface area contributed by atoms with E-state index in [0.29, 0.717) is 43.8 Å². The van der Waals surface area contributed by atoms with Gasteiger partial charge in [0.1, 0.15) is 5.75 Å². The van der Waals surface area contributed by atoms with E-state index in [1.54, 1.807) is 32.4 Å². The molecule has 5 rings (SSSR count). The maximum absolute atomic E-state index is 6.55. The van der Waals surface area contributed by atoms with Gasteiger partial charge in [-0.25, -0.2) is 5.01 Å². The number of hydrazone groups is 1. The van der Waals surface area contributed by atoms with E-state index in [-0.39, 0.29) is 6.04 Å². The van der Waals surface area contributed by atoms with Crippen LogP contribution in [-0.4, -0.2) is 24.9 Å². The molecule has 2 aliphatic rings. The summed E-state index contributed by atoms with van der Waals surface area (Å²) in [6.45, 7) is 0. The highest BCUT2D eigenvalue weighted by Crippen LogP contribution is 2.51. The van der Waals surface area contributed by atoms with E-state index in [2.05, 4.69) is 0 Å². The third-order valence-electron chi connectivity index (χ3n) is 5.75. The smallest absolute Gasteiger partial charge is 0.215 e. The van der Waals surface area contributed by atoms with Crippen LogP contribution in [0.25, 0.3) is 0 Å². The molecule has 0 bridgehead atoms. The van der Waals surface area contributed by atoms with Crippen molar-refractivity contribution in [3.8, 4) is 17.2 Å². The van der Waals surface area contributed by atoms with Crippen LogP contribution in [0.4, 0.5) is 0 Å². The Hall–Kier alpha value is -2.31. The lowest BCUT2D eigenvalue weighted by molar-refractivity contribution is -0.0188. The largest absolute Gasteiger partial charge is 0.493 e. The average molecular weight is 524 g/mol. The zero-order valence-corrected chi connectivity index (χ0v) is 20.6. The Bertz CT molecular complexity index is 1280. The molecule has 0 spiro atoms. The number of hydrogen-bond donors (Lipinski definition) is 0. The minimum atomic E-state index is -0.594. The molecule has 170 valence electrons. The van der Waals surface area contributed by atoms with Crippen molar-refractivity contribution in [1.82, 2.24) is 5.01 Å². The van der Waals surface area contributed by atoms with Crippen molar-refractivity contribution in [2.24, 2.45) is 5.10 Å². The molecule has 0 unspecified atom stereocenters. The fourth-order valence-electron chi connectivity index (χ4n) is 4.21. The summed E-state index contributed by atoms with van der Waals surface area (Å²) in [5, 5.41) is 8.83. The molecular weight excluding hydrogens is 506 g/mol. The Balaban J connectivity index is 1.63. The summed E-state index contributed by atoms with van der Waals surface area (Å²) >= 11 is 25.5. The molecule has 0 aliphatic carbocycles. The van der Waals surface area contributed by atoms with E-state index in [9.17, 15) is 0 Å². The maximum Gasteiger partial charge on any atom is 0.215 e. The number of rotatable bonds is 4. The summed E-state index contributed by atoms with van der Waals surface area (Å²) in [6.07, 6.45) is 0.0214. The van der Waals surface area contributed by atoms with Gasteiger partial charge in [-0.2, -0.15) is 5.10 Å². The molecular formula is C24H18Cl4N2O3. The van der Waals surface area contributed by atoms with E-state index >= 15 is 0 Å². The van der Waals surface area contributed by atoms with Crippen molar-refractivity contribution >= 4 is 52.1 Å². The van der Waals surface area contributed by atoms with Gasteiger partial charge in [-0.15, -0.1) is 0 Å². The molecule has 2 atom stereocenters. The third kappa shape index (κ3) is 3.97. The number of hydrogen-bond acceptors (Lipinski definition) is 5. The fourth-order valence-corrected chi connectivity index (χ4v) is 5.27. The first-order chi connectivity index (χ1) is 15.9. The van der Waals surface area contributed by atoms with E-state index in [1.807, 2.05) is 35.3 Å². The van der Waals surface area contributed by atoms with Crippen LogP contribution in [0.2, 0.25) is 20.1 Å². The van der Waals surface area contributed by atoms with Crippen molar-refractivity contribution in [2.45, 2.75) is 18.7 Å². The normalized spacial score (nSPS) is 18.8. The Morgan fingerprint density at radius 3 is 2.33 bits per heavy atom. The topological polar surface area (TPSA) is 43.3 Å². The van der Waals surface area contributed by atoms with E-state index in [1.165, 1.54) is 0 Å². The van der Waals surface area contributed by atoms with Gasteiger partial charge in [0.2, 0.25) is 6.23 Å². The first kappa shape index (κ1) is 22.5. The minimum Gasteiger partial charge on any atom is -0.493 e. The van der Waals surface area contributed by atoms with Crippen LogP contribution in [0, 0.1) is 0 Å². The van der Waals surface area contributed by atoms with Crippen LogP contribution < -0.4 is 14.2 Å². The number of fused-ring (bicyclic) bond motifs is 3. The lowest BCUT2D eigenvalue weighted by Gasteiger charge is -2.39. The molecule has 33 heavy (non-hydrogen) atoms. The van der Waals surface area contributed by atoms with Crippen molar-refractivity contribution < 1.29 is 14.2 Å². The van der Waals surface area contributed by atoms with Crippen LogP contribution in [0.5, 0.6) is 17.2 Å². The van der Waals surface area contributed by atoms with E-state index in [4.69, 9.17) is 65.7 Å². The van der Waals surface area contributed by atoms with Gasteiger partial charge in [-0.3, -0.25) is 0 Å². The molecule has 0 radical (unpaired) electrons. The molecule has 2 heterocycles. The first-order valence-electron chi connectivity index (χ1n) is 10.1. The van der Waals surface area contributed by atoms with Crippen molar-refractivity contribution in [2.75, 3.05) is 14.2 Å². The number of benzene rings is 3. The van der Waals surface area contributed by atoms with Crippen molar-refractivity contribution in [1.29, 1.82) is 0 Å². The molecule has 0 saturated heterocycles. The van der Waals surface area contributed by atoms with Gasteiger partial charge in [0.05, 0.1) is 36.0 Å². The summed E-state index contributed by atoms with van der Waals surface area (Å²) in [4.78, 5) is 0. The Kier molecular flexibility index (Phi) is 6.00. The molecule has 0 saturated carbocycles. The van der Waals surface area contributed by atoms with Gasteiger partial charge in [-0.05, 0) is 42.5 Å². The highest BCUT2D eigenvalue weighted by atomic mass is 35.5. The molecule has 0 amide bonds. The highest BCUT2D eigenvalue weighted by molar-refractivity contribution is 6.36. The van der Waals surface area contributed by atoms with Crippen LogP contribution >= 0.6 is 46.4 Å². The quantitative estimate of drug-likeness (QED) is 0.354. The maximum atomic E-state index is 6.55. The second-order valence-corrected chi connectivity index (χ2v) is 9.35. The SMILES string of the molecule is COc1ccc(C2=NN3[C@@H](C2)c2cc(Cl)cc(Cl)c2O[C@H]3c2ccc(Cl)cc2Cl)cc1OC. The molecule has 3 aromatic carbocycles. The molecule has 0 N–H and O–H groups in total. The molecule has 0 fully saturated rings. The molecule has 9 heteroatoms. The minimum absolute atomic E-state index is 0.148. The van der Waals surface area contributed by atoms with E-state index < -0.39 is 6.23 Å². The highest BCUT2D eigenvalue weighted by Gasteiger charge is 2.42. The standard InChI is InChI=1S/C24H18Cl4N2O3/c1-31-21-6-3-12(7-22(21)32-2)19-11-20-16-8-14(26)10-18(28)23(16)33-24(30(20)29-19)15-5-4-13(25)9-17(15)27/h3-10,20,24H,11H2,1-2H3/t20-,24-/m0/s1. The van der Waals surface area contributed by atoms with Crippen LogP contribution in [-0.2, 0) is 0 Å². The van der Waals surface area contributed by atoms with Gasteiger partial charge in [0.15, 0.2) is 11.5 Å². The second-order valence-electron chi connectivity index (χ2n) is 7.66. The number of ether oxygens (including phenoxy) is 3. The van der Waals surface area contributed by atoms with Gasteiger partial charge >= 0.3 is 0 Å². The monoisotopic (exact) mass is 522 g/mol. The summed E-state index contributed by atoms with van der Waals surface area (Å²) in [5.74, 6) is 1.85. The Morgan fingerprint density at radius 2 is 1.61 bits per heavy atom. The zero-order valence-electron chi connectivity index (χ0n) is 17.6. The molecule has 3 aromatic rings. The fraction of sp³-hybridized carbons (Fsp3) is 0.208. The average Bonchev–Trinajstić information content (AvgIpc) is 3.24. The summed E-state index contributed by atoms with van der Waals surface area (Å²) in [7, 11) is 3.21. The lowest BCUT2D eigenvalue weighted by atomic mass is 9.95. The molecule has 0 aromatic heterocycles. The second kappa shape index (κ2) is 8.80. The number of halogens is 4. The summed E-state index contributed by atoms with van der Waals surface area (Å²) in [6, 6.07) is 14.4. The molecule has 5 nitrogen and oxygen atoms in total. The van der Waals surface area contributed by atoms with Gasteiger partial charge in [-0.1, -0.05) is 52.5 Å². The van der Waals surface area contributed by atoms with Gasteiger partial charge in [0.25, 0.3) is 0 Å². The predicted molar refractivity (Wildman–Crippen MR) is 132 cm³/mol. The lowest BCUT2D eigenvalue weighted by Crippen LogP contribution is -2.34.